The molecule has 1 amide bonds. The van der Waals surface area contributed by atoms with E-state index in [9.17, 15) is 4.79 Å². The fourth-order valence-corrected chi connectivity index (χ4v) is 1.95. The molecule has 0 aliphatic carbocycles. The van der Waals surface area contributed by atoms with Gasteiger partial charge >= 0.3 is 0 Å². The van der Waals surface area contributed by atoms with Crippen LogP contribution in [0.15, 0.2) is 29.7 Å². The number of amides is 1. The molecule has 1 aromatic heterocycles. The van der Waals surface area contributed by atoms with Crippen LogP contribution in [0.2, 0.25) is 0 Å². The van der Waals surface area contributed by atoms with E-state index in [-0.39, 0.29) is 5.91 Å². The van der Waals surface area contributed by atoms with E-state index >= 15 is 0 Å². The molecule has 1 aromatic rings. The first-order chi connectivity index (χ1) is 8.29. The van der Waals surface area contributed by atoms with Crippen LogP contribution in [0.3, 0.4) is 0 Å². The maximum absolute atomic E-state index is 11.5. The third-order valence-electron chi connectivity index (χ3n) is 2.82. The van der Waals surface area contributed by atoms with Crippen LogP contribution >= 0.6 is 0 Å². The van der Waals surface area contributed by atoms with Gasteiger partial charge in [0.05, 0.1) is 12.3 Å². The van der Waals surface area contributed by atoms with Gasteiger partial charge in [0.25, 0.3) is 0 Å². The van der Waals surface area contributed by atoms with Crippen molar-refractivity contribution in [1.29, 1.82) is 0 Å². The average molecular weight is 233 g/mol. The molecule has 5 heteroatoms. The van der Waals surface area contributed by atoms with E-state index in [1.807, 2.05) is 12.1 Å². The number of nitrogens with zero attached hydrogens (tertiary/aromatic N) is 3. The summed E-state index contributed by atoms with van der Waals surface area (Å²) in [6.07, 6.45) is 5.45. The number of carbonyl (C=O) groups excluding carboxylic acids is 1. The van der Waals surface area contributed by atoms with Crippen molar-refractivity contribution in [3.05, 3.63) is 30.1 Å². The van der Waals surface area contributed by atoms with E-state index in [1.54, 1.807) is 17.3 Å². The number of carbonyl (C=O) groups is 1. The Labute approximate surface area is 99.8 Å². The molecule has 5 nitrogen and oxygen atoms in total. The molecular formula is C12H15N3O2. The lowest BCUT2D eigenvalue weighted by molar-refractivity contribution is -0.127. The van der Waals surface area contributed by atoms with Gasteiger partial charge in [-0.2, -0.15) is 0 Å². The van der Waals surface area contributed by atoms with Crippen LogP contribution in [-0.2, 0) is 11.2 Å². The monoisotopic (exact) mass is 233 g/mol. The first-order valence-corrected chi connectivity index (χ1v) is 5.66. The van der Waals surface area contributed by atoms with E-state index in [1.165, 1.54) is 0 Å². The van der Waals surface area contributed by atoms with Crippen LogP contribution < -0.4 is 0 Å². The van der Waals surface area contributed by atoms with Crippen molar-refractivity contribution in [2.24, 2.45) is 5.16 Å². The number of rotatable bonds is 4. The van der Waals surface area contributed by atoms with Crippen molar-refractivity contribution in [3.8, 4) is 0 Å². The molecule has 1 aliphatic heterocycles. The van der Waals surface area contributed by atoms with Gasteiger partial charge in [0.15, 0.2) is 0 Å². The molecule has 1 fully saturated rings. The number of aromatic nitrogens is 1. The van der Waals surface area contributed by atoms with Gasteiger partial charge in [-0.1, -0.05) is 11.2 Å². The SMILES string of the molecule is O=C1CCCN1CC(Cc1cccnc1)=NO. The summed E-state index contributed by atoms with van der Waals surface area (Å²) in [5.41, 5.74) is 1.57. The second kappa shape index (κ2) is 5.43. The topological polar surface area (TPSA) is 65.8 Å². The zero-order valence-corrected chi connectivity index (χ0v) is 9.54. The van der Waals surface area contributed by atoms with Gasteiger partial charge in [-0.25, -0.2) is 0 Å². The Kier molecular flexibility index (Phi) is 3.69. The molecule has 90 valence electrons. The van der Waals surface area contributed by atoms with Crippen LogP contribution in [0.4, 0.5) is 0 Å². The van der Waals surface area contributed by atoms with Crippen LogP contribution in [0, 0.1) is 0 Å². The van der Waals surface area contributed by atoms with Gasteiger partial charge in [-0.3, -0.25) is 9.78 Å². The Morgan fingerprint density at radius 1 is 1.59 bits per heavy atom. The summed E-state index contributed by atoms with van der Waals surface area (Å²) in [6.45, 7) is 1.16. The van der Waals surface area contributed by atoms with Crippen LogP contribution in [0.1, 0.15) is 18.4 Å². The van der Waals surface area contributed by atoms with E-state index in [4.69, 9.17) is 5.21 Å². The molecule has 1 aliphatic rings. The molecule has 17 heavy (non-hydrogen) atoms. The predicted molar refractivity (Wildman–Crippen MR) is 63.0 cm³/mol. The van der Waals surface area contributed by atoms with Crippen molar-refractivity contribution in [1.82, 2.24) is 9.88 Å². The molecule has 0 saturated carbocycles. The molecule has 2 rings (SSSR count). The maximum atomic E-state index is 11.5. The molecule has 0 spiro atoms. The summed E-state index contributed by atoms with van der Waals surface area (Å²) in [5, 5.41) is 12.2. The van der Waals surface area contributed by atoms with Gasteiger partial charge in [0.2, 0.25) is 5.91 Å². The standard InChI is InChI=1S/C12H15N3O2/c16-12-4-2-6-15(12)9-11(14-17)7-10-3-1-5-13-8-10/h1,3,5,8,17H,2,4,6-7,9H2. The largest absolute Gasteiger partial charge is 0.411 e. The van der Waals surface area contributed by atoms with E-state index in [0.29, 0.717) is 25.1 Å². The first kappa shape index (κ1) is 11.6. The minimum absolute atomic E-state index is 0.136. The molecule has 0 radical (unpaired) electrons. The fraction of sp³-hybridized carbons (Fsp3) is 0.417. The van der Waals surface area contributed by atoms with Crippen LogP contribution in [0.25, 0.3) is 0 Å². The smallest absolute Gasteiger partial charge is 0.222 e. The average Bonchev–Trinajstić information content (AvgIpc) is 2.75. The molecule has 0 aromatic carbocycles. The van der Waals surface area contributed by atoms with Gasteiger partial charge in [0.1, 0.15) is 0 Å². The normalized spacial score (nSPS) is 16.6. The van der Waals surface area contributed by atoms with Crippen LogP contribution in [-0.4, -0.2) is 39.8 Å². The third kappa shape index (κ3) is 3.03. The molecule has 1 saturated heterocycles. The highest BCUT2D eigenvalue weighted by Crippen LogP contribution is 2.10. The van der Waals surface area contributed by atoms with Crippen molar-refractivity contribution in [2.45, 2.75) is 19.3 Å². The Morgan fingerprint density at radius 3 is 3.06 bits per heavy atom. The minimum atomic E-state index is 0.136. The van der Waals surface area contributed by atoms with Gasteiger partial charge in [0, 0.05) is 31.8 Å². The van der Waals surface area contributed by atoms with Crippen molar-refractivity contribution in [3.63, 3.8) is 0 Å². The highest BCUT2D eigenvalue weighted by molar-refractivity contribution is 5.91. The highest BCUT2D eigenvalue weighted by atomic mass is 16.4. The minimum Gasteiger partial charge on any atom is -0.411 e. The lowest BCUT2D eigenvalue weighted by Gasteiger charge is -2.15. The summed E-state index contributed by atoms with van der Waals surface area (Å²) in [7, 11) is 0. The number of pyridine rings is 1. The molecule has 2 heterocycles. The number of hydrogen-bond acceptors (Lipinski definition) is 4. The van der Waals surface area contributed by atoms with Crippen molar-refractivity contribution in [2.75, 3.05) is 13.1 Å². The van der Waals surface area contributed by atoms with Gasteiger partial charge in [-0.05, 0) is 18.1 Å². The van der Waals surface area contributed by atoms with E-state index in [0.717, 1.165) is 18.5 Å². The lowest BCUT2D eigenvalue weighted by Crippen LogP contribution is -2.31. The summed E-state index contributed by atoms with van der Waals surface area (Å²) in [5.74, 6) is 0.136. The van der Waals surface area contributed by atoms with Crippen molar-refractivity contribution < 1.29 is 10.0 Å². The highest BCUT2D eigenvalue weighted by Gasteiger charge is 2.21. The third-order valence-corrected chi connectivity index (χ3v) is 2.82. The Bertz CT molecular complexity index is 417. The summed E-state index contributed by atoms with van der Waals surface area (Å²) in [4.78, 5) is 17.2. The second-order valence-electron chi connectivity index (χ2n) is 4.12. The maximum Gasteiger partial charge on any atom is 0.222 e. The molecule has 1 N–H and O–H groups in total. The zero-order chi connectivity index (χ0) is 12.1. The fourth-order valence-electron chi connectivity index (χ4n) is 1.95. The van der Waals surface area contributed by atoms with Crippen LogP contribution in [0.5, 0.6) is 0 Å². The quantitative estimate of drug-likeness (QED) is 0.480. The lowest BCUT2D eigenvalue weighted by atomic mass is 10.1. The van der Waals surface area contributed by atoms with Crippen molar-refractivity contribution >= 4 is 11.6 Å². The molecule has 0 unspecified atom stereocenters. The summed E-state index contributed by atoms with van der Waals surface area (Å²) < 4.78 is 0. The molecular weight excluding hydrogens is 218 g/mol. The first-order valence-electron chi connectivity index (χ1n) is 5.66. The molecule has 0 atom stereocenters. The number of likely N-dealkylation sites (tertiary alicyclic amines) is 1. The van der Waals surface area contributed by atoms with E-state index < -0.39 is 0 Å². The Morgan fingerprint density at radius 2 is 2.47 bits per heavy atom. The molecule has 0 bridgehead atoms. The predicted octanol–water partition coefficient (Wildman–Crippen LogP) is 1.08. The number of hydrogen-bond donors (Lipinski definition) is 1. The summed E-state index contributed by atoms with van der Waals surface area (Å²) >= 11 is 0. The number of oxime groups is 1. The van der Waals surface area contributed by atoms with E-state index in [2.05, 4.69) is 10.1 Å². The van der Waals surface area contributed by atoms with Gasteiger partial charge in [-0.15, -0.1) is 0 Å². The summed E-state index contributed by atoms with van der Waals surface area (Å²) in [6, 6.07) is 3.76. The van der Waals surface area contributed by atoms with Gasteiger partial charge < -0.3 is 10.1 Å². The Balaban J connectivity index is 1.96. The second-order valence-corrected chi connectivity index (χ2v) is 4.12. The Hall–Kier alpha value is -1.91. The zero-order valence-electron chi connectivity index (χ0n) is 9.54.